The minimum absolute atomic E-state index is 0.00502. The Balaban J connectivity index is 1.80. The normalized spacial score (nSPS) is 16.4. The fourth-order valence-corrected chi connectivity index (χ4v) is 2.11. The van der Waals surface area contributed by atoms with E-state index in [1.54, 1.807) is 0 Å². The number of benzene rings is 1. The molecule has 1 fully saturated rings. The monoisotopic (exact) mass is 222 g/mol. The first-order valence-electron chi connectivity index (χ1n) is 5.87. The van der Waals surface area contributed by atoms with Crippen molar-refractivity contribution in [3.05, 3.63) is 53.9 Å². The average molecular weight is 222 g/mol. The van der Waals surface area contributed by atoms with Crippen LogP contribution in [0.15, 0.2) is 42.7 Å². The van der Waals surface area contributed by atoms with Gasteiger partial charge in [0.1, 0.15) is 0 Å². The molecule has 1 aliphatic rings. The van der Waals surface area contributed by atoms with Gasteiger partial charge in [0.15, 0.2) is 0 Å². The minimum atomic E-state index is -0.00502. The van der Waals surface area contributed by atoms with Gasteiger partial charge < -0.3 is 0 Å². The SMILES string of the molecule is C#CC1(c2cnn(Cc3ccccc3)c2)CC1. The largest absolute Gasteiger partial charge is 0.268 e. The molecular formula is C15H14N2. The molecule has 2 nitrogen and oxygen atoms in total. The maximum atomic E-state index is 5.58. The van der Waals surface area contributed by atoms with E-state index in [2.05, 4.69) is 29.3 Å². The third-order valence-electron chi connectivity index (χ3n) is 3.40. The van der Waals surface area contributed by atoms with Gasteiger partial charge in [0, 0.05) is 11.8 Å². The molecule has 0 aliphatic heterocycles. The van der Waals surface area contributed by atoms with Crippen LogP contribution in [0.5, 0.6) is 0 Å². The molecule has 0 bridgehead atoms. The molecule has 1 heterocycles. The fraction of sp³-hybridized carbons (Fsp3) is 0.267. The lowest BCUT2D eigenvalue weighted by Crippen LogP contribution is -2.02. The predicted octanol–water partition coefficient (Wildman–Crippen LogP) is 2.60. The molecule has 0 spiro atoms. The Hall–Kier alpha value is -2.01. The second-order valence-corrected chi connectivity index (χ2v) is 4.64. The van der Waals surface area contributed by atoms with Crippen LogP contribution in [-0.4, -0.2) is 9.78 Å². The summed E-state index contributed by atoms with van der Waals surface area (Å²) in [6.07, 6.45) is 11.8. The van der Waals surface area contributed by atoms with Gasteiger partial charge in [0.25, 0.3) is 0 Å². The fourth-order valence-electron chi connectivity index (χ4n) is 2.11. The van der Waals surface area contributed by atoms with Gasteiger partial charge >= 0.3 is 0 Å². The predicted molar refractivity (Wildman–Crippen MR) is 67.5 cm³/mol. The minimum Gasteiger partial charge on any atom is -0.268 e. The van der Waals surface area contributed by atoms with Crippen molar-refractivity contribution in [3.8, 4) is 12.3 Å². The van der Waals surface area contributed by atoms with E-state index in [0.717, 1.165) is 19.4 Å². The molecule has 0 N–H and O–H groups in total. The number of nitrogens with zero attached hydrogens (tertiary/aromatic N) is 2. The Morgan fingerprint density at radius 1 is 1.29 bits per heavy atom. The van der Waals surface area contributed by atoms with Gasteiger partial charge in [-0.15, -0.1) is 6.42 Å². The van der Waals surface area contributed by atoms with Crippen LogP contribution in [0.2, 0.25) is 0 Å². The zero-order chi connectivity index (χ0) is 11.7. The molecule has 2 aromatic rings. The summed E-state index contributed by atoms with van der Waals surface area (Å²) in [6.45, 7) is 0.807. The van der Waals surface area contributed by atoms with E-state index < -0.39 is 0 Å². The van der Waals surface area contributed by atoms with Crippen molar-refractivity contribution in [1.82, 2.24) is 9.78 Å². The first-order valence-corrected chi connectivity index (χ1v) is 5.87. The summed E-state index contributed by atoms with van der Waals surface area (Å²) in [6, 6.07) is 10.3. The van der Waals surface area contributed by atoms with Crippen LogP contribution in [0.1, 0.15) is 24.0 Å². The van der Waals surface area contributed by atoms with E-state index in [1.165, 1.54) is 11.1 Å². The maximum Gasteiger partial charge on any atom is 0.0659 e. The van der Waals surface area contributed by atoms with Gasteiger partial charge in [-0.3, -0.25) is 4.68 Å². The third kappa shape index (κ3) is 1.85. The molecule has 2 heteroatoms. The molecule has 1 saturated carbocycles. The zero-order valence-corrected chi connectivity index (χ0v) is 9.63. The van der Waals surface area contributed by atoms with Crippen LogP contribution in [0.25, 0.3) is 0 Å². The molecule has 0 amide bonds. The number of terminal acetylenes is 1. The standard InChI is InChI=1S/C15H14N2/c1-2-15(8-9-15)14-10-16-17(12-14)11-13-6-4-3-5-7-13/h1,3-7,10,12H,8-9,11H2. The summed E-state index contributed by atoms with van der Waals surface area (Å²) in [5, 5.41) is 4.39. The molecule has 1 aromatic carbocycles. The number of rotatable bonds is 3. The molecular weight excluding hydrogens is 208 g/mol. The van der Waals surface area contributed by atoms with Crippen LogP contribution in [0.3, 0.4) is 0 Å². The molecule has 1 aliphatic carbocycles. The molecule has 3 rings (SSSR count). The van der Waals surface area contributed by atoms with Gasteiger partial charge in [-0.05, 0) is 18.4 Å². The summed E-state index contributed by atoms with van der Waals surface area (Å²) in [7, 11) is 0. The van der Waals surface area contributed by atoms with Crippen molar-refractivity contribution in [1.29, 1.82) is 0 Å². The lowest BCUT2D eigenvalue weighted by atomic mass is 10.0. The number of hydrogen-bond acceptors (Lipinski definition) is 1. The van der Waals surface area contributed by atoms with Gasteiger partial charge in [-0.25, -0.2) is 0 Å². The van der Waals surface area contributed by atoms with Crippen LogP contribution >= 0.6 is 0 Å². The van der Waals surface area contributed by atoms with Crippen LogP contribution < -0.4 is 0 Å². The molecule has 0 saturated heterocycles. The van der Waals surface area contributed by atoms with Crippen LogP contribution in [0, 0.1) is 12.3 Å². The van der Waals surface area contributed by atoms with Gasteiger partial charge in [-0.2, -0.15) is 5.10 Å². The van der Waals surface area contributed by atoms with Gasteiger partial charge in [-0.1, -0.05) is 36.3 Å². The Labute approximate surface area is 101 Å². The van der Waals surface area contributed by atoms with Gasteiger partial charge in [0.05, 0.1) is 18.2 Å². The Kier molecular flexibility index (Phi) is 2.26. The smallest absolute Gasteiger partial charge is 0.0659 e. The second-order valence-electron chi connectivity index (χ2n) is 4.64. The topological polar surface area (TPSA) is 17.8 Å². The average Bonchev–Trinajstić information content (AvgIpc) is 3.05. The first-order chi connectivity index (χ1) is 8.32. The van der Waals surface area contributed by atoms with Crippen molar-refractivity contribution >= 4 is 0 Å². The molecule has 17 heavy (non-hydrogen) atoms. The van der Waals surface area contributed by atoms with Gasteiger partial charge in [0.2, 0.25) is 0 Å². The first kappa shape index (κ1) is 10.2. The third-order valence-corrected chi connectivity index (χ3v) is 3.40. The summed E-state index contributed by atoms with van der Waals surface area (Å²) in [5.41, 5.74) is 2.44. The van der Waals surface area contributed by atoms with E-state index in [-0.39, 0.29) is 5.41 Å². The Morgan fingerprint density at radius 3 is 2.71 bits per heavy atom. The van der Waals surface area contributed by atoms with Crippen molar-refractivity contribution in [2.75, 3.05) is 0 Å². The van der Waals surface area contributed by atoms with Crippen molar-refractivity contribution in [2.24, 2.45) is 0 Å². The quantitative estimate of drug-likeness (QED) is 0.730. The summed E-state index contributed by atoms with van der Waals surface area (Å²) >= 11 is 0. The summed E-state index contributed by atoms with van der Waals surface area (Å²) < 4.78 is 1.96. The molecule has 0 unspecified atom stereocenters. The van der Waals surface area contributed by atoms with E-state index in [0.29, 0.717) is 0 Å². The van der Waals surface area contributed by atoms with Crippen LogP contribution in [-0.2, 0) is 12.0 Å². The molecule has 1 aromatic heterocycles. The maximum absolute atomic E-state index is 5.58. The molecule has 0 atom stereocenters. The second kappa shape index (κ2) is 3.78. The van der Waals surface area contributed by atoms with Crippen molar-refractivity contribution in [3.63, 3.8) is 0 Å². The highest BCUT2D eigenvalue weighted by atomic mass is 15.3. The summed E-state index contributed by atoms with van der Waals surface area (Å²) in [5.74, 6) is 2.89. The summed E-state index contributed by atoms with van der Waals surface area (Å²) in [4.78, 5) is 0. The van der Waals surface area contributed by atoms with Crippen molar-refractivity contribution < 1.29 is 0 Å². The lowest BCUT2D eigenvalue weighted by Gasteiger charge is -2.03. The van der Waals surface area contributed by atoms with E-state index >= 15 is 0 Å². The molecule has 84 valence electrons. The van der Waals surface area contributed by atoms with Crippen LogP contribution in [0.4, 0.5) is 0 Å². The van der Waals surface area contributed by atoms with E-state index in [4.69, 9.17) is 6.42 Å². The Bertz CT molecular complexity index is 556. The highest BCUT2D eigenvalue weighted by molar-refractivity contribution is 5.38. The van der Waals surface area contributed by atoms with Crippen molar-refractivity contribution in [2.45, 2.75) is 24.8 Å². The Morgan fingerprint density at radius 2 is 2.06 bits per heavy atom. The van der Waals surface area contributed by atoms with E-state index in [9.17, 15) is 0 Å². The number of hydrogen-bond donors (Lipinski definition) is 0. The highest BCUT2D eigenvalue weighted by Crippen LogP contribution is 2.47. The van der Waals surface area contributed by atoms with E-state index in [1.807, 2.05) is 29.1 Å². The zero-order valence-electron chi connectivity index (χ0n) is 9.63. The lowest BCUT2D eigenvalue weighted by molar-refractivity contribution is 0.685. The number of aromatic nitrogens is 2. The molecule has 0 radical (unpaired) electrons. The highest BCUT2D eigenvalue weighted by Gasteiger charge is 2.43.